The fraction of sp³-hybridized carbons (Fsp3) is 0.222. The molecule has 0 aliphatic rings. The van der Waals surface area contributed by atoms with Crippen LogP contribution in [0.2, 0.25) is 0 Å². The summed E-state index contributed by atoms with van der Waals surface area (Å²) in [5.41, 5.74) is 6.27. The van der Waals surface area contributed by atoms with E-state index in [1.807, 2.05) is 0 Å². The zero-order valence-electron chi connectivity index (χ0n) is 7.80. The van der Waals surface area contributed by atoms with E-state index in [0.717, 1.165) is 0 Å². The SMILES string of the molecule is Nc1ccnc(CC(=O)O)c1CC(=O)O. The summed E-state index contributed by atoms with van der Waals surface area (Å²) in [5, 5.41) is 17.2. The second-order valence-corrected chi connectivity index (χ2v) is 2.97. The molecule has 15 heavy (non-hydrogen) atoms. The minimum atomic E-state index is -1.07. The van der Waals surface area contributed by atoms with E-state index in [-0.39, 0.29) is 29.8 Å². The summed E-state index contributed by atoms with van der Waals surface area (Å²) in [6, 6.07) is 1.45. The molecule has 0 atom stereocenters. The third kappa shape index (κ3) is 2.94. The lowest BCUT2D eigenvalue weighted by molar-refractivity contribution is -0.137. The first-order valence-corrected chi connectivity index (χ1v) is 4.16. The Kier molecular flexibility index (Phi) is 3.22. The fourth-order valence-corrected chi connectivity index (χ4v) is 1.20. The lowest BCUT2D eigenvalue weighted by Crippen LogP contribution is -2.12. The van der Waals surface area contributed by atoms with E-state index in [4.69, 9.17) is 15.9 Å². The van der Waals surface area contributed by atoms with Crippen molar-refractivity contribution in [2.24, 2.45) is 0 Å². The Morgan fingerprint density at radius 3 is 2.40 bits per heavy atom. The third-order valence-corrected chi connectivity index (χ3v) is 1.83. The molecule has 6 heteroatoms. The second kappa shape index (κ2) is 4.41. The van der Waals surface area contributed by atoms with Crippen molar-refractivity contribution in [2.75, 3.05) is 5.73 Å². The zero-order chi connectivity index (χ0) is 11.4. The predicted octanol–water partition coefficient (Wildman–Crippen LogP) is -0.0820. The van der Waals surface area contributed by atoms with Gasteiger partial charge in [0.05, 0.1) is 18.5 Å². The molecule has 0 spiro atoms. The van der Waals surface area contributed by atoms with Gasteiger partial charge < -0.3 is 15.9 Å². The molecule has 0 saturated heterocycles. The summed E-state index contributed by atoms with van der Waals surface area (Å²) in [4.78, 5) is 24.8. The van der Waals surface area contributed by atoms with Crippen LogP contribution < -0.4 is 5.73 Å². The van der Waals surface area contributed by atoms with Crippen LogP contribution in [-0.2, 0) is 22.4 Å². The van der Waals surface area contributed by atoms with Gasteiger partial charge in [-0.15, -0.1) is 0 Å². The minimum absolute atomic E-state index is 0.199. The van der Waals surface area contributed by atoms with Crippen LogP contribution in [0.5, 0.6) is 0 Å². The highest BCUT2D eigenvalue weighted by molar-refractivity contribution is 5.76. The first-order chi connectivity index (χ1) is 7.00. The van der Waals surface area contributed by atoms with Gasteiger partial charge in [-0.05, 0) is 6.07 Å². The van der Waals surface area contributed by atoms with Crippen molar-refractivity contribution < 1.29 is 19.8 Å². The minimum Gasteiger partial charge on any atom is -0.481 e. The number of hydrogen-bond acceptors (Lipinski definition) is 4. The molecule has 6 nitrogen and oxygen atoms in total. The highest BCUT2D eigenvalue weighted by Crippen LogP contribution is 2.16. The molecular weight excluding hydrogens is 200 g/mol. The van der Waals surface area contributed by atoms with Gasteiger partial charge in [-0.3, -0.25) is 14.6 Å². The van der Waals surface area contributed by atoms with Crippen LogP contribution in [-0.4, -0.2) is 27.1 Å². The number of aromatic nitrogens is 1. The van der Waals surface area contributed by atoms with Crippen LogP contribution in [0.4, 0.5) is 5.69 Å². The molecule has 0 amide bonds. The lowest BCUT2D eigenvalue weighted by atomic mass is 10.1. The van der Waals surface area contributed by atoms with Crippen LogP contribution in [0.3, 0.4) is 0 Å². The zero-order valence-corrected chi connectivity index (χ0v) is 7.80. The highest BCUT2D eigenvalue weighted by Gasteiger charge is 2.13. The fourth-order valence-electron chi connectivity index (χ4n) is 1.20. The summed E-state index contributed by atoms with van der Waals surface area (Å²) in [6.45, 7) is 0. The van der Waals surface area contributed by atoms with Gasteiger partial charge in [0.1, 0.15) is 0 Å². The number of carboxylic acid groups (broad SMARTS) is 2. The summed E-state index contributed by atoms with van der Waals surface area (Å²) in [6.07, 6.45) is 0.717. The monoisotopic (exact) mass is 210 g/mol. The van der Waals surface area contributed by atoms with Crippen molar-refractivity contribution in [3.8, 4) is 0 Å². The Morgan fingerprint density at radius 2 is 1.87 bits per heavy atom. The summed E-state index contributed by atoms with van der Waals surface area (Å²) in [7, 11) is 0. The molecule has 0 bridgehead atoms. The van der Waals surface area contributed by atoms with Gasteiger partial charge in [0.25, 0.3) is 0 Å². The smallest absolute Gasteiger partial charge is 0.309 e. The first kappa shape index (κ1) is 11.0. The number of anilines is 1. The van der Waals surface area contributed by atoms with Crippen molar-refractivity contribution in [1.82, 2.24) is 4.98 Å². The molecule has 80 valence electrons. The maximum atomic E-state index is 10.5. The standard InChI is InChI=1S/C9H10N2O4/c10-6-1-2-11-7(4-9(14)15)5(6)3-8(12)13/h1-2H,3-4H2,(H2,10,11)(H,12,13)(H,14,15). The van der Waals surface area contributed by atoms with E-state index >= 15 is 0 Å². The van der Waals surface area contributed by atoms with E-state index in [1.165, 1.54) is 12.3 Å². The molecule has 0 radical (unpaired) electrons. The van der Waals surface area contributed by atoms with Gasteiger partial charge in [-0.1, -0.05) is 0 Å². The van der Waals surface area contributed by atoms with Crippen LogP contribution in [0.1, 0.15) is 11.3 Å². The molecule has 0 aliphatic heterocycles. The average Bonchev–Trinajstić information content (AvgIpc) is 2.09. The van der Waals surface area contributed by atoms with Crippen LogP contribution >= 0.6 is 0 Å². The topological polar surface area (TPSA) is 114 Å². The Hall–Kier alpha value is -2.11. The number of carbonyl (C=O) groups is 2. The molecule has 0 aliphatic carbocycles. The maximum Gasteiger partial charge on any atom is 0.309 e. The molecule has 4 N–H and O–H groups in total. The van der Waals surface area contributed by atoms with Crippen LogP contribution in [0, 0.1) is 0 Å². The number of nitrogens with zero attached hydrogens (tertiary/aromatic N) is 1. The largest absolute Gasteiger partial charge is 0.481 e. The van der Waals surface area contributed by atoms with Crippen molar-refractivity contribution >= 4 is 17.6 Å². The predicted molar refractivity (Wildman–Crippen MR) is 51.3 cm³/mol. The molecule has 1 aromatic heterocycles. The van der Waals surface area contributed by atoms with E-state index in [2.05, 4.69) is 4.98 Å². The quantitative estimate of drug-likeness (QED) is 0.640. The molecule has 0 saturated carbocycles. The highest BCUT2D eigenvalue weighted by atomic mass is 16.4. The Labute approximate surface area is 85.4 Å². The lowest BCUT2D eigenvalue weighted by Gasteiger charge is -2.07. The van der Waals surface area contributed by atoms with Crippen LogP contribution in [0.25, 0.3) is 0 Å². The molecule has 0 unspecified atom stereocenters. The number of carboxylic acids is 2. The summed E-state index contributed by atoms with van der Waals surface area (Å²) < 4.78 is 0. The van der Waals surface area contributed by atoms with E-state index in [1.54, 1.807) is 0 Å². The Morgan fingerprint density at radius 1 is 1.27 bits per heavy atom. The van der Waals surface area contributed by atoms with Crippen LogP contribution in [0.15, 0.2) is 12.3 Å². The maximum absolute atomic E-state index is 10.5. The van der Waals surface area contributed by atoms with Crippen molar-refractivity contribution in [3.63, 3.8) is 0 Å². The first-order valence-electron chi connectivity index (χ1n) is 4.16. The van der Waals surface area contributed by atoms with Gasteiger partial charge in [-0.25, -0.2) is 0 Å². The van der Waals surface area contributed by atoms with Gasteiger partial charge >= 0.3 is 11.9 Å². The number of hydrogen-bond donors (Lipinski definition) is 3. The normalized spacial score (nSPS) is 9.87. The van der Waals surface area contributed by atoms with Gasteiger partial charge in [0, 0.05) is 17.4 Å². The number of nitrogens with two attached hydrogens (primary N) is 1. The number of aliphatic carboxylic acids is 2. The molecule has 1 rings (SSSR count). The molecular formula is C9H10N2O4. The van der Waals surface area contributed by atoms with Gasteiger partial charge in [0.2, 0.25) is 0 Å². The second-order valence-electron chi connectivity index (χ2n) is 2.97. The van der Waals surface area contributed by atoms with E-state index in [9.17, 15) is 9.59 Å². The van der Waals surface area contributed by atoms with Gasteiger partial charge in [0.15, 0.2) is 0 Å². The van der Waals surface area contributed by atoms with Crippen molar-refractivity contribution in [3.05, 3.63) is 23.5 Å². The molecule has 1 heterocycles. The Balaban J connectivity index is 3.08. The van der Waals surface area contributed by atoms with E-state index in [0.29, 0.717) is 0 Å². The summed E-state index contributed by atoms with van der Waals surface area (Å²) >= 11 is 0. The molecule has 0 aromatic carbocycles. The van der Waals surface area contributed by atoms with E-state index < -0.39 is 11.9 Å². The van der Waals surface area contributed by atoms with Crippen molar-refractivity contribution in [1.29, 1.82) is 0 Å². The number of nitrogen functional groups attached to an aromatic ring is 1. The third-order valence-electron chi connectivity index (χ3n) is 1.83. The molecule has 0 fully saturated rings. The Bertz CT molecular complexity index is 403. The average molecular weight is 210 g/mol. The number of rotatable bonds is 4. The summed E-state index contributed by atoms with van der Waals surface area (Å²) in [5.74, 6) is -2.14. The van der Waals surface area contributed by atoms with Gasteiger partial charge in [-0.2, -0.15) is 0 Å². The molecule has 1 aromatic rings. The van der Waals surface area contributed by atoms with Crippen molar-refractivity contribution in [2.45, 2.75) is 12.8 Å². The number of pyridine rings is 1.